The molecule has 0 heterocycles. The molecule has 1 aliphatic carbocycles. The lowest BCUT2D eigenvalue weighted by atomic mass is 9.79. The minimum atomic E-state index is -3.45. The second kappa shape index (κ2) is 8.09. The molecule has 5 heteroatoms. The number of benzene rings is 1. The monoisotopic (exact) mass is 371 g/mol. The van der Waals surface area contributed by atoms with E-state index in [1.807, 2.05) is 31.2 Å². The average Bonchev–Trinajstić information content (AvgIpc) is 2.55. The number of alkyl halides is 1. The Hall–Kier alpha value is -0.740. The Balaban J connectivity index is 2.38. The summed E-state index contributed by atoms with van der Waals surface area (Å²) in [5.74, 6) is 0.171. The van der Waals surface area contributed by atoms with Crippen LogP contribution >= 0.6 is 11.6 Å². The van der Waals surface area contributed by atoms with Crippen LogP contribution in [0.1, 0.15) is 51.5 Å². The van der Waals surface area contributed by atoms with E-state index in [-0.39, 0.29) is 17.2 Å². The topological polar surface area (TPSA) is 37.4 Å². The van der Waals surface area contributed by atoms with Crippen LogP contribution in [0.5, 0.6) is 0 Å². The third-order valence-corrected chi connectivity index (χ3v) is 8.42. The zero-order valence-corrected chi connectivity index (χ0v) is 16.8. The highest BCUT2D eigenvalue weighted by Crippen LogP contribution is 2.41. The molecule has 2 rings (SSSR count). The molecule has 24 heavy (non-hydrogen) atoms. The van der Waals surface area contributed by atoms with Crippen LogP contribution in [0.25, 0.3) is 0 Å². The molecule has 136 valence electrons. The maximum atomic E-state index is 13.4. The van der Waals surface area contributed by atoms with Gasteiger partial charge in [-0.15, -0.1) is 11.6 Å². The number of rotatable bonds is 6. The van der Waals surface area contributed by atoms with Gasteiger partial charge in [-0.1, -0.05) is 44.9 Å². The van der Waals surface area contributed by atoms with Crippen molar-refractivity contribution in [1.29, 1.82) is 0 Å². The predicted octanol–water partition coefficient (Wildman–Crippen LogP) is 4.97. The Morgan fingerprint density at radius 3 is 2.54 bits per heavy atom. The molecule has 1 aromatic carbocycles. The van der Waals surface area contributed by atoms with Crippen LogP contribution in [0.15, 0.2) is 24.3 Å². The third kappa shape index (κ3) is 3.91. The molecule has 4 unspecified atom stereocenters. The minimum Gasteiger partial charge on any atom is -0.273 e. The fourth-order valence-electron chi connectivity index (χ4n) is 3.96. The molecule has 0 aliphatic heterocycles. The normalized spacial score (nSPS) is 27.9. The van der Waals surface area contributed by atoms with Gasteiger partial charge in [0, 0.05) is 12.4 Å². The second-order valence-electron chi connectivity index (χ2n) is 7.14. The Kier molecular flexibility index (Phi) is 6.60. The Morgan fingerprint density at radius 2 is 1.92 bits per heavy atom. The van der Waals surface area contributed by atoms with E-state index in [1.165, 1.54) is 4.31 Å². The molecular formula is C19H30ClNO2S. The zero-order valence-electron chi connectivity index (χ0n) is 15.2. The predicted molar refractivity (Wildman–Crippen MR) is 103 cm³/mol. The van der Waals surface area contributed by atoms with Gasteiger partial charge in [0.15, 0.2) is 0 Å². The number of aryl methyl sites for hydroxylation is 1. The number of nitrogens with zero attached hydrogens (tertiary/aromatic N) is 1. The number of para-hydroxylation sites is 1. The van der Waals surface area contributed by atoms with Crippen molar-refractivity contribution in [3.63, 3.8) is 0 Å². The fraction of sp³-hybridized carbons (Fsp3) is 0.684. The smallest absolute Gasteiger partial charge is 0.238 e. The molecule has 4 atom stereocenters. The molecule has 0 bridgehead atoms. The lowest BCUT2D eigenvalue weighted by Gasteiger charge is -2.41. The van der Waals surface area contributed by atoms with Crippen LogP contribution in [-0.4, -0.2) is 26.1 Å². The Labute approximate surface area is 152 Å². The fourth-order valence-corrected chi connectivity index (χ4v) is 6.79. The molecule has 0 aromatic heterocycles. The van der Waals surface area contributed by atoms with E-state index in [0.717, 1.165) is 43.4 Å². The Bertz CT molecular complexity index is 647. The average molecular weight is 372 g/mol. The molecule has 0 amide bonds. The van der Waals surface area contributed by atoms with Crippen molar-refractivity contribution in [3.8, 4) is 0 Å². The van der Waals surface area contributed by atoms with Crippen molar-refractivity contribution in [2.24, 2.45) is 11.8 Å². The summed E-state index contributed by atoms with van der Waals surface area (Å²) >= 11 is 6.58. The molecule has 1 saturated carbocycles. The molecule has 1 fully saturated rings. The van der Waals surface area contributed by atoms with Gasteiger partial charge in [-0.05, 0) is 49.7 Å². The summed E-state index contributed by atoms with van der Waals surface area (Å²) in [5.41, 5.74) is 1.73. The van der Waals surface area contributed by atoms with Crippen molar-refractivity contribution in [1.82, 2.24) is 0 Å². The van der Waals surface area contributed by atoms with E-state index >= 15 is 0 Å². The van der Waals surface area contributed by atoms with Gasteiger partial charge in [0.05, 0.1) is 10.9 Å². The summed E-state index contributed by atoms with van der Waals surface area (Å²) in [6.07, 6.45) is 4.77. The maximum absolute atomic E-state index is 13.4. The highest BCUT2D eigenvalue weighted by Gasteiger charge is 2.45. The molecule has 0 spiro atoms. The van der Waals surface area contributed by atoms with Gasteiger partial charge in [-0.3, -0.25) is 4.31 Å². The molecule has 0 saturated heterocycles. The molecule has 0 radical (unpaired) electrons. The van der Waals surface area contributed by atoms with Crippen molar-refractivity contribution in [2.75, 3.05) is 11.4 Å². The quantitative estimate of drug-likeness (QED) is 0.662. The van der Waals surface area contributed by atoms with E-state index in [9.17, 15) is 8.42 Å². The third-order valence-electron chi connectivity index (χ3n) is 5.42. The van der Waals surface area contributed by atoms with Gasteiger partial charge in [0.1, 0.15) is 0 Å². The first-order valence-corrected chi connectivity index (χ1v) is 10.9. The van der Waals surface area contributed by atoms with Crippen LogP contribution in [-0.2, 0) is 10.0 Å². The van der Waals surface area contributed by atoms with Crippen molar-refractivity contribution in [3.05, 3.63) is 29.8 Å². The van der Waals surface area contributed by atoms with E-state index in [1.54, 1.807) is 7.05 Å². The van der Waals surface area contributed by atoms with Crippen LogP contribution in [0.2, 0.25) is 0 Å². The molecule has 1 aromatic rings. The first kappa shape index (κ1) is 19.6. The number of hydrogen-bond donors (Lipinski definition) is 0. The van der Waals surface area contributed by atoms with Crippen LogP contribution < -0.4 is 4.31 Å². The van der Waals surface area contributed by atoms with Crippen LogP contribution in [0.3, 0.4) is 0 Å². The summed E-state index contributed by atoms with van der Waals surface area (Å²) in [6, 6.07) is 7.64. The maximum Gasteiger partial charge on any atom is 0.238 e. The van der Waals surface area contributed by atoms with Gasteiger partial charge in [-0.2, -0.15) is 0 Å². The standard InChI is InChI=1S/C19H30ClNO2S/c1-5-6-10-16-17(20)13-12-15(3)19(16)24(22,23)21(4)18-11-8-7-9-14(18)2/h7-9,11,15-17,19H,5-6,10,12-13H2,1-4H3. The van der Waals surface area contributed by atoms with Crippen molar-refractivity contribution in [2.45, 2.75) is 63.5 Å². The minimum absolute atomic E-state index is 0.0341. The first-order chi connectivity index (χ1) is 11.3. The molecule has 3 nitrogen and oxygen atoms in total. The van der Waals surface area contributed by atoms with E-state index in [4.69, 9.17) is 11.6 Å². The van der Waals surface area contributed by atoms with Crippen LogP contribution in [0.4, 0.5) is 5.69 Å². The number of unbranched alkanes of at least 4 members (excludes halogenated alkanes) is 1. The second-order valence-corrected chi connectivity index (χ2v) is 9.82. The number of sulfonamides is 1. The van der Waals surface area contributed by atoms with E-state index in [0.29, 0.717) is 0 Å². The number of hydrogen-bond acceptors (Lipinski definition) is 2. The van der Waals surface area contributed by atoms with Gasteiger partial charge in [0.25, 0.3) is 0 Å². The number of halogens is 1. The summed E-state index contributed by atoms with van der Waals surface area (Å²) < 4.78 is 28.4. The summed E-state index contributed by atoms with van der Waals surface area (Å²) in [7, 11) is -1.77. The first-order valence-electron chi connectivity index (χ1n) is 8.98. The highest BCUT2D eigenvalue weighted by molar-refractivity contribution is 7.93. The molecule has 0 N–H and O–H groups in total. The van der Waals surface area contributed by atoms with Crippen molar-refractivity contribution >= 4 is 27.3 Å². The number of anilines is 1. The summed E-state index contributed by atoms with van der Waals surface area (Å²) in [5, 5.41) is -0.442. The lowest BCUT2D eigenvalue weighted by molar-refractivity contribution is 0.272. The molecule has 1 aliphatic rings. The van der Waals surface area contributed by atoms with Crippen LogP contribution in [0, 0.1) is 18.8 Å². The van der Waals surface area contributed by atoms with Gasteiger partial charge < -0.3 is 0 Å². The van der Waals surface area contributed by atoms with Gasteiger partial charge in [0.2, 0.25) is 10.0 Å². The Morgan fingerprint density at radius 1 is 1.25 bits per heavy atom. The SMILES string of the molecule is CCCCC1C(Cl)CCC(C)C1S(=O)(=O)N(C)c1ccccc1C. The molecular weight excluding hydrogens is 342 g/mol. The largest absolute Gasteiger partial charge is 0.273 e. The van der Waals surface area contributed by atoms with E-state index in [2.05, 4.69) is 13.8 Å². The lowest BCUT2D eigenvalue weighted by Crippen LogP contribution is -2.49. The summed E-state index contributed by atoms with van der Waals surface area (Å²) in [4.78, 5) is 0. The zero-order chi connectivity index (χ0) is 17.9. The van der Waals surface area contributed by atoms with Crippen molar-refractivity contribution < 1.29 is 8.42 Å². The van der Waals surface area contributed by atoms with Gasteiger partial charge in [-0.25, -0.2) is 8.42 Å². The summed E-state index contributed by atoms with van der Waals surface area (Å²) in [6.45, 7) is 6.15. The van der Waals surface area contributed by atoms with Gasteiger partial charge >= 0.3 is 0 Å². The highest BCUT2D eigenvalue weighted by atomic mass is 35.5. The van der Waals surface area contributed by atoms with E-state index < -0.39 is 15.3 Å².